The zero-order valence-corrected chi connectivity index (χ0v) is 12.4. The zero-order valence-electron chi connectivity index (χ0n) is 12.4. The molecule has 2 aromatic carbocycles. The predicted molar refractivity (Wildman–Crippen MR) is 81.0 cm³/mol. The molecule has 0 heterocycles. The smallest absolute Gasteiger partial charge is 0.340 e. The van der Waals surface area contributed by atoms with E-state index in [4.69, 9.17) is 0 Å². The maximum atomic E-state index is 13.6. The zero-order chi connectivity index (χ0) is 15.4. The molecule has 0 aliphatic rings. The van der Waals surface area contributed by atoms with Crippen LogP contribution in [0.15, 0.2) is 36.4 Å². The van der Waals surface area contributed by atoms with Gasteiger partial charge in [0.15, 0.2) is 0 Å². The van der Waals surface area contributed by atoms with Gasteiger partial charge in [-0.25, -0.2) is 9.18 Å². The van der Waals surface area contributed by atoms with Crippen molar-refractivity contribution in [2.45, 2.75) is 20.4 Å². The Hall–Kier alpha value is -2.36. The summed E-state index contributed by atoms with van der Waals surface area (Å²) in [6.45, 7) is 4.72. The van der Waals surface area contributed by atoms with Crippen molar-refractivity contribution in [3.05, 3.63) is 64.5 Å². The van der Waals surface area contributed by atoms with E-state index in [1.54, 1.807) is 6.07 Å². The Bertz CT molecular complexity index is 648. The number of halogens is 1. The second-order valence-electron chi connectivity index (χ2n) is 4.91. The van der Waals surface area contributed by atoms with Gasteiger partial charge in [-0.2, -0.15) is 0 Å². The molecule has 0 radical (unpaired) electrons. The lowest BCUT2D eigenvalue weighted by Gasteiger charge is -2.12. The fourth-order valence-electron chi connectivity index (χ4n) is 2.22. The largest absolute Gasteiger partial charge is 0.465 e. The van der Waals surface area contributed by atoms with E-state index in [2.05, 4.69) is 36.0 Å². The highest BCUT2D eigenvalue weighted by Crippen LogP contribution is 2.19. The molecule has 0 spiro atoms. The maximum absolute atomic E-state index is 13.6. The molecule has 0 atom stereocenters. The molecule has 0 amide bonds. The van der Waals surface area contributed by atoms with E-state index in [1.807, 2.05) is 6.07 Å². The summed E-state index contributed by atoms with van der Waals surface area (Å²) < 4.78 is 18.1. The van der Waals surface area contributed by atoms with Crippen LogP contribution in [0.25, 0.3) is 0 Å². The summed E-state index contributed by atoms with van der Waals surface area (Å²) in [6, 6.07) is 10.5. The second kappa shape index (κ2) is 6.39. The number of anilines is 1. The second-order valence-corrected chi connectivity index (χ2v) is 4.91. The number of benzene rings is 2. The number of esters is 1. The molecule has 110 valence electrons. The average Bonchev–Trinajstić information content (AvgIpc) is 2.47. The molecule has 0 bridgehead atoms. The van der Waals surface area contributed by atoms with Gasteiger partial charge in [-0.1, -0.05) is 18.2 Å². The highest BCUT2D eigenvalue weighted by Gasteiger charge is 2.12. The topological polar surface area (TPSA) is 38.3 Å². The molecule has 1 N–H and O–H groups in total. The number of hydrogen-bond acceptors (Lipinski definition) is 3. The van der Waals surface area contributed by atoms with Gasteiger partial charge >= 0.3 is 5.97 Å². The van der Waals surface area contributed by atoms with Crippen LogP contribution in [0.3, 0.4) is 0 Å². The number of rotatable bonds is 4. The number of ether oxygens (including phenoxy) is 1. The van der Waals surface area contributed by atoms with Gasteiger partial charge in [-0.15, -0.1) is 0 Å². The Kier molecular flexibility index (Phi) is 4.58. The van der Waals surface area contributed by atoms with Gasteiger partial charge in [0, 0.05) is 12.2 Å². The van der Waals surface area contributed by atoms with E-state index in [0.717, 1.165) is 0 Å². The molecule has 0 saturated carbocycles. The Morgan fingerprint density at radius 3 is 2.48 bits per heavy atom. The van der Waals surface area contributed by atoms with Crippen molar-refractivity contribution in [2.75, 3.05) is 12.4 Å². The number of methoxy groups -OCH3 is 1. The van der Waals surface area contributed by atoms with E-state index < -0.39 is 11.8 Å². The van der Waals surface area contributed by atoms with Crippen molar-refractivity contribution in [1.82, 2.24) is 0 Å². The minimum Gasteiger partial charge on any atom is -0.465 e. The van der Waals surface area contributed by atoms with Gasteiger partial charge in [0.1, 0.15) is 5.82 Å². The molecule has 2 aromatic rings. The maximum Gasteiger partial charge on any atom is 0.340 e. The molecule has 0 aliphatic carbocycles. The Morgan fingerprint density at radius 1 is 1.19 bits per heavy atom. The first-order valence-electron chi connectivity index (χ1n) is 6.69. The van der Waals surface area contributed by atoms with Crippen LogP contribution in [-0.2, 0) is 11.3 Å². The van der Waals surface area contributed by atoms with Crippen LogP contribution in [0.4, 0.5) is 10.1 Å². The summed E-state index contributed by atoms with van der Waals surface area (Å²) in [4.78, 5) is 11.5. The summed E-state index contributed by atoms with van der Waals surface area (Å²) in [5.74, 6) is -1.26. The lowest BCUT2D eigenvalue weighted by Crippen LogP contribution is -2.07. The monoisotopic (exact) mass is 287 g/mol. The first kappa shape index (κ1) is 15.0. The van der Waals surface area contributed by atoms with Crippen molar-refractivity contribution in [3.8, 4) is 0 Å². The molecule has 3 nitrogen and oxygen atoms in total. The third-order valence-corrected chi connectivity index (χ3v) is 3.49. The van der Waals surface area contributed by atoms with Crippen molar-refractivity contribution in [1.29, 1.82) is 0 Å². The molecule has 0 fully saturated rings. The Balaban J connectivity index is 2.19. The van der Waals surface area contributed by atoms with Crippen molar-refractivity contribution >= 4 is 11.7 Å². The lowest BCUT2D eigenvalue weighted by atomic mass is 10.0. The van der Waals surface area contributed by atoms with Crippen LogP contribution in [-0.4, -0.2) is 13.1 Å². The third kappa shape index (κ3) is 3.40. The highest BCUT2D eigenvalue weighted by molar-refractivity contribution is 5.90. The fraction of sp³-hybridized carbons (Fsp3) is 0.235. The standard InChI is InChI=1S/C17H18FNO2/c1-11-5-4-6-12(2)15(11)10-19-13-7-8-16(18)14(9-13)17(20)21-3/h4-9,19H,10H2,1-3H3. The van der Waals surface area contributed by atoms with E-state index >= 15 is 0 Å². The number of nitrogens with one attached hydrogen (secondary N) is 1. The third-order valence-electron chi connectivity index (χ3n) is 3.49. The molecule has 0 aromatic heterocycles. The van der Waals surface area contributed by atoms with Crippen molar-refractivity contribution in [3.63, 3.8) is 0 Å². The molecule has 21 heavy (non-hydrogen) atoms. The van der Waals surface area contributed by atoms with Crippen LogP contribution in [0.5, 0.6) is 0 Å². The van der Waals surface area contributed by atoms with Crippen LogP contribution in [0.1, 0.15) is 27.0 Å². The minimum atomic E-state index is -0.678. The van der Waals surface area contributed by atoms with E-state index in [-0.39, 0.29) is 5.56 Å². The molecule has 0 saturated heterocycles. The number of carbonyl (C=O) groups excluding carboxylic acids is 1. The van der Waals surface area contributed by atoms with Crippen molar-refractivity contribution in [2.24, 2.45) is 0 Å². The van der Waals surface area contributed by atoms with Gasteiger partial charge < -0.3 is 10.1 Å². The highest BCUT2D eigenvalue weighted by atomic mass is 19.1. The normalized spacial score (nSPS) is 10.3. The van der Waals surface area contributed by atoms with Crippen LogP contribution < -0.4 is 5.32 Å². The first-order valence-corrected chi connectivity index (χ1v) is 6.69. The molecule has 2 rings (SSSR count). The molecular formula is C17H18FNO2. The number of hydrogen-bond donors (Lipinski definition) is 1. The summed E-state index contributed by atoms with van der Waals surface area (Å²) in [5, 5.41) is 3.21. The van der Waals surface area contributed by atoms with Gasteiger partial charge in [0.05, 0.1) is 12.7 Å². The van der Waals surface area contributed by atoms with Crippen molar-refractivity contribution < 1.29 is 13.9 Å². The predicted octanol–water partition coefficient (Wildman–Crippen LogP) is 3.84. The van der Waals surface area contributed by atoms with E-state index in [1.165, 1.54) is 35.9 Å². The summed E-state index contributed by atoms with van der Waals surface area (Å²) in [6.07, 6.45) is 0. The quantitative estimate of drug-likeness (QED) is 0.868. The minimum absolute atomic E-state index is 0.0657. The van der Waals surface area contributed by atoms with Gasteiger partial charge in [-0.3, -0.25) is 0 Å². The Labute approximate surface area is 123 Å². The van der Waals surface area contributed by atoms with Gasteiger partial charge in [-0.05, 0) is 48.7 Å². The van der Waals surface area contributed by atoms with Crippen LogP contribution in [0, 0.1) is 19.7 Å². The average molecular weight is 287 g/mol. The molecule has 0 aliphatic heterocycles. The van der Waals surface area contributed by atoms with Crippen LogP contribution >= 0.6 is 0 Å². The van der Waals surface area contributed by atoms with E-state index in [9.17, 15) is 9.18 Å². The lowest BCUT2D eigenvalue weighted by molar-refractivity contribution is 0.0595. The van der Waals surface area contributed by atoms with Gasteiger partial charge in [0.25, 0.3) is 0 Å². The SMILES string of the molecule is COC(=O)c1cc(NCc2c(C)cccc2C)ccc1F. The summed E-state index contributed by atoms with van der Waals surface area (Å²) in [7, 11) is 1.23. The molecule has 4 heteroatoms. The van der Waals surface area contributed by atoms with Crippen LogP contribution in [0.2, 0.25) is 0 Å². The number of aryl methyl sites for hydroxylation is 2. The molecular weight excluding hydrogens is 269 g/mol. The first-order chi connectivity index (χ1) is 10.0. The summed E-state index contributed by atoms with van der Waals surface area (Å²) >= 11 is 0. The Morgan fingerprint density at radius 2 is 1.86 bits per heavy atom. The van der Waals surface area contributed by atoms with E-state index in [0.29, 0.717) is 12.2 Å². The van der Waals surface area contributed by atoms with Gasteiger partial charge in [0.2, 0.25) is 0 Å². The summed E-state index contributed by atoms with van der Waals surface area (Å²) in [5.41, 5.74) is 4.19. The number of carbonyl (C=O) groups is 1. The fourth-order valence-corrected chi connectivity index (χ4v) is 2.22. The molecule has 0 unspecified atom stereocenters.